The lowest BCUT2D eigenvalue weighted by Crippen LogP contribution is -2.46. The molecule has 0 aromatic rings. The molecule has 1 aliphatic rings. The molecule has 0 spiro atoms. The van der Waals surface area contributed by atoms with Crippen molar-refractivity contribution in [2.75, 3.05) is 19.6 Å². The highest BCUT2D eigenvalue weighted by atomic mass is 16.4. The van der Waals surface area contributed by atoms with E-state index in [-0.39, 0.29) is 12.5 Å². The Morgan fingerprint density at radius 1 is 1.50 bits per heavy atom. The first-order valence-corrected chi connectivity index (χ1v) is 6.35. The zero-order valence-electron chi connectivity index (χ0n) is 10.7. The quantitative estimate of drug-likeness (QED) is 0.525. The number of rotatable bonds is 6. The molecule has 6 heteroatoms. The molecule has 1 heterocycles. The van der Waals surface area contributed by atoms with Crippen molar-refractivity contribution in [2.45, 2.75) is 38.2 Å². The highest BCUT2D eigenvalue weighted by molar-refractivity contribution is 5.80. The summed E-state index contributed by atoms with van der Waals surface area (Å²) in [7, 11) is 0. The first-order chi connectivity index (χ1) is 8.42. The van der Waals surface area contributed by atoms with Crippen molar-refractivity contribution < 1.29 is 19.8 Å². The second-order valence-electron chi connectivity index (χ2n) is 5.11. The Morgan fingerprint density at radius 2 is 2.22 bits per heavy atom. The number of aliphatic hydroxyl groups is 1. The number of carbonyl (C=O) groups excluding carboxylic acids is 1. The largest absolute Gasteiger partial charge is 0.479 e. The van der Waals surface area contributed by atoms with Crippen molar-refractivity contribution in [1.82, 2.24) is 10.6 Å². The second kappa shape index (κ2) is 6.70. The third kappa shape index (κ3) is 5.01. The molecule has 0 aromatic heterocycles. The SMILES string of the molecule is CC(O)(CNC(=O)CCC1CCCNC1)C(=O)O. The van der Waals surface area contributed by atoms with E-state index in [0.29, 0.717) is 12.3 Å². The fourth-order valence-corrected chi connectivity index (χ4v) is 1.94. The van der Waals surface area contributed by atoms with Crippen molar-refractivity contribution in [3.05, 3.63) is 0 Å². The molecule has 1 fully saturated rings. The molecule has 104 valence electrons. The minimum absolute atomic E-state index is 0.206. The number of nitrogens with one attached hydrogen (secondary N) is 2. The van der Waals surface area contributed by atoms with Crippen LogP contribution < -0.4 is 10.6 Å². The van der Waals surface area contributed by atoms with Crippen LogP contribution in [0.5, 0.6) is 0 Å². The van der Waals surface area contributed by atoms with Gasteiger partial charge in [0.2, 0.25) is 5.91 Å². The van der Waals surface area contributed by atoms with E-state index in [4.69, 9.17) is 5.11 Å². The van der Waals surface area contributed by atoms with Gasteiger partial charge in [0.25, 0.3) is 0 Å². The number of hydrogen-bond acceptors (Lipinski definition) is 4. The summed E-state index contributed by atoms with van der Waals surface area (Å²) in [5.41, 5.74) is -1.90. The molecule has 18 heavy (non-hydrogen) atoms. The number of amides is 1. The van der Waals surface area contributed by atoms with Gasteiger partial charge in [-0.2, -0.15) is 0 Å². The number of carboxylic acids is 1. The highest BCUT2D eigenvalue weighted by Crippen LogP contribution is 2.15. The van der Waals surface area contributed by atoms with Crippen LogP contribution in [0.3, 0.4) is 0 Å². The minimum atomic E-state index is -1.90. The Bertz CT molecular complexity index is 298. The Morgan fingerprint density at radius 3 is 2.78 bits per heavy atom. The molecule has 0 saturated carbocycles. The molecule has 2 unspecified atom stereocenters. The first kappa shape index (κ1) is 14.9. The monoisotopic (exact) mass is 258 g/mol. The number of piperidine rings is 1. The number of hydrogen-bond donors (Lipinski definition) is 4. The van der Waals surface area contributed by atoms with Crippen LogP contribution in [-0.4, -0.2) is 47.3 Å². The van der Waals surface area contributed by atoms with E-state index in [1.54, 1.807) is 0 Å². The smallest absolute Gasteiger partial charge is 0.337 e. The maximum Gasteiger partial charge on any atom is 0.337 e. The van der Waals surface area contributed by atoms with Gasteiger partial charge in [-0.1, -0.05) is 0 Å². The Labute approximate surface area is 107 Å². The van der Waals surface area contributed by atoms with Crippen LogP contribution in [0.25, 0.3) is 0 Å². The lowest BCUT2D eigenvalue weighted by atomic mass is 9.94. The van der Waals surface area contributed by atoms with Crippen LogP contribution in [0.1, 0.15) is 32.6 Å². The van der Waals surface area contributed by atoms with E-state index in [9.17, 15) is 14.7 Å². The topological polar surface area (TPSA) is 98.7 Å². The second-order valence-corrected chi connectivity index (χ2v) is 5.11. The van der Waals surface area contributed by atoms with E-state index >= 15 is 0 Å². The van der Waals surface area contributed by atoms with Gasteiger partial charge in [0.1, 0.15) is 0 Å². The van der Waals surface area contributed by atoms with Crippen molar-refractivity contribution in [3.8, 4) is 0 Å². The lowest BCUT2D eigenvalue weighted by Gasteiger charge is -2.23. The molecule has 0 radical (unpaired) electrons. The molecule has 1 aliphatic heterocycles. The fourth-order valence-electron chi connectivity index (χ4n) is 1.94. The van der Waals surface area contributed by atoms with Crippen LogP contribution in [0.15, 0.2) is 0 Å². The van der Waals surface area contributed by atoms with E-state index in [1.807, 2.05) is 0 Å². The molecule has 1 saturated heterocycles. The van der Waals surface area contributed by atoms with Crippen molar-refractivity contribution in [3.63, 3.8) is 0 Å². The predicted molar refractivity (Wildman–Crippen MR) is 66.1 cm³/mol. The maximum absolute atomic E-state index is 11.5. The molecule has 0 aliphatic carbocycles. The molecule has 2 atom stereocenters. The van der Waals surface area contributed by atoms with Crippen LogP contribution in [0.4, 0.5) is 0 Å². The van der Waals surface area contributed by atoms with Gasteiger partial charge in [-0.15, -0.1) is 0 Å². The zero-order valence-corrected chi connectivity index (χ0v) is 10.7. The number of carbonyl (C=O) groups is 2. The lowest BCUT2D eigenvalue weighted by molar-refractivity contribution is -0.156. The van der Waals surface area contributed by atoms with Crippen LogP contribution in [-0.2, 0) is 9.59 Å². The van der Waals surface area contributed by atoms with Gasteiger partial charge in [-0.05, 0) is 45.2 Å². The number of carboxylic acid groups (broad SMARTS) is 1. The summed E-state index contributed by atoms with van der Waals surface area (Å²) >= 11 is 0. The minimum Gasteiger partial charge on any atom is -0.479 e. The molecule has 1 amide bonds. The third-order valence-corrected chi connectivity index (χ3v) is 3.27. The standard InChI is InChI=1S/C12H22N2O4/c1-12(18,11(16)17)8-14-10(15)5-4-9-3-2-6-13-7-9/h9,13,18H,2-8H2,1H3,(H,14,15)(H,16,17). The molecule has 4 N–H and O–H groups in total. The summed E-state index contributed by atoms with van der Waals surface area (Å²) in [5, 5.41) is 23.8. The summed E-state index contributed by atoms with van der Waals surface area (Å²) in [5.74, 6) is -1.02. The fraction of sp³-hybridized carbons (Fsp3) is 0.833. The average molecular weight is 258 g/mol. The molecule has 6 nitrogen and oxygen atoms in total. The van der Waals surface area contributed by atoms with Gasteiger partial charge in [0.05, 0.1) is 6.54 Å². The van der Waals surface area contributed by atoms with Crippen LogP contribution >= 0.6 is 0 Å². The molecule has 0 aromatic carbocycles. The predicted octanol–water partition coefficient (Wildman–Crippen LogP) is -0.282. The Kier molecular flexibility index (Phi) is 5.55. The van der Waals surface area contributed by atoms with E-state index in [0.717, 1.165) is 32.4 Å². The van der Waals surface area contributed by atoms with Crippen molar-refractivity contribution in [1.29, 1.82) is 0 Å². The van der Waals surface area contributed by atoms with Gasteiger partial charge in [0.15, 0.2) is 5.60 Å². The third-order valence-electron chi connectivity index (χ3n) is 3.27. The van der Waals surface area contributed by atoms with E-state index in [2.05, 4.69) is 10.6 Å². The van der Waals surface area contributed by atoms with E-state index in [1.165, 1.54) is 6.92 Å². The van der Waals surface area contributed by atoms with Gasteiger partial charge in [-0.3, -0.25) is 4.79 Å². The van der Waals surface area contributed by atoms with Crippen LogP contribution in [0, 0.1) is 5.92 Å². The van der Waals surface area contributed by atoms with E-state index < -0.39 is 11.6 Å². The summed E-state index contributed by atoms with van der Waals surface area (Å²) in [6.45, 7) is 2.90. The summed E-state index contributed by atoms with van der Waals surface area (Å²) < 4.78 is 0. The molecule has 1 rings (SSSR count). The normalized spacial score (nSPS) is 23.1. The highest BCUT2D eigenvalue weighted by Gasteiger charge is 2.30. The first-order valence-electron chi connectivity index (χ1n) is 6.35. The van der Waals surface area contributed by atoms with Crippen molar-refractivity contribution >= 4 is 11.9 Å². The van der Waals surface area contributed by atoms with Crippen LogP contribution in [0.2, 0.25) is 0 Å². The Balaban J connectivity index is 2.19. The summed E-state index contributed by atoms with van der Waals surface area (Å²) in [4.78, 5) is 22.1. The Hall–Kier alpha value is -1.14. The molecular formula is C12H22N2O4. The zero-order chi connectivity index (χ0) is 13.6. The summed E-state index contributed by atoms with van der Waals surface area (Å²) in [6, 6.07) is 0. The maximum atomic E-state index is 11.5. The average Bonchev–Trinajstić information content (AvgIpc) is 2.35. The van der Waals surface area contributed by atoms with Crippen molar-refractivity contribution in [2.24, 2.45) is 5.92 Å². The van der Waals surface area contributed by atoms with Gasteiger partial charge >= 0.3 is 5.97 Å². The summed E-state index contributed by atoms with van der Waals surface area (Å²) in [6.07, 6.45) is 3.45. The van der Waals surface area contributed by atoms with Gasteiger partial charge in [0, 0.05) is 6.42 Å². The van der Waals surface area contributed by atoms with Gasteiger partial charge < -0.3 is 20.8 Å². The number of aliphatic carboxylic acids is 1. The molecule has 0 bridgehead atoms. The molecular weight excluding hydrogens is 236 g/mol. The van der Waals surface area contributed by atoms with Gasteiger partial charge in [-0.25, -0.2) is 4.79 Å².